The number of hydrogen-bond acceptors (Lipinski definition) is 14. The van der Waals surface area contributed by atoms with Crippen LogP contribution in [0.25, 0.3) is 0 Å². The summed E-state index contributed by atoms with van der Waals surface area (Å²) >= 11 is 0. The molecule has 0 bridgehead atoms. The molecule has 2 heterocycles. The quantitative estimate of drug-likeness (QED) is 0.0909. The van der Waals surface area contributed by atoms with Crippen molar-refractivity contribution in [1.82, 2.24) is 0 Å². The highest BCUT2D eigenvalue weighted by atomic mass is 16.7. The van der Waals surface area contributed by atoms with Crippen molar-refractivity contribution in [3.63, 3.8) is 0 Å². The highest BCUT2D eigenvalue weighted by molar-refractivity contribution is 5.66. The van der Waals surface area contributed by atoms with Gasteiger partial charge in [-0.05, 0) is 23.0 Å². The van der Waals surface area contributed by atoms with Gasteiger partial charge in [-0.3, -0.25) is 0 Å². The molecule has 0 aromatic heterocycles. The first-order valence-corrected chi connectivity index (χ1v) is 14.1. The molecule has 10 atom stereocenters. The van der Waals surface area contributed by atoms with Crippen molar-refractivity contribution in [2.24, 2.45) is 0 Å². The van der Waals surface area contributed by atoms with Crippen LogP contribution >= 0.6 is 0 Å². The van der Waals surface area contributed by atoms with Crippen LogP contribution in [0, 0.1) is 0 Å². The van der Waals surface area contributed by atoms with Gasteiger partial charge in [0.15, 0.2) is 12.6 Å². The second-order valence-electron chi connectivity index (χ2n) is 11.0. The molecule has 0 spiro atoms. The molecule has 1 aromatic carbocycles. The fraction of sp³-hybridized carbons (Fsp3) is 0.750. The van der Waals surface area contributed by atoms with Crippen molar-refractivity contribution in [3.05, 3.63) is 29.3 Å². The molecule has 240 valence electrons. The van der Waals surface area contributed by atoms with Crippen molar-refractivity contribution < 1.29 is 69.0 Å². The molecule has 5 unspecified atom stereocenters. The molecule has 2 aliphatic heterocycles. The summed E-state index contributed by atoms with van der Waals surface area (Å²) < 4.78 is 32.6. The summed E-state index contributed by atoms with van der Waals surface area (Å²) in [6.07, 6.45) is -16.1. The molecular weight excluding hydrogens is 560 g/mol. The van der Waals surface area contributed by atoms with E-state index in [9.17, 15) is 40.5 Å². The van der Waals surface area contributed by atoms with Crippen LogP contribution in [0.15, 0.2) is 18.2 Å². The first-order chi connectivity index (χ1) is 19.9. The van der Waals surface area contributed by atoms with Gasteiger partial charge in [0.2, 0.25) is 0 Å². The second kappa shape index (κ2) is 15.7. The second-order valence-corrected chi connectivity index (χ2v) is 11.0. The Bertz CT molecular complexity index is 959. The van der Waals surface area contributed by atoms with Crippen LogP contribution in [0.3, 0.4) is 0 Å². The fourth-order valence-corrected chi connectivity index (χ4v) is 4.82. The minimum absolute atomic E-state index is 0.0576. The zero-order valence-corrected chi connectivity index (χ0v) is 24.2. The number of benzene rings is 1. The molecule has 42 heavy (non-hydrogen) atoms. The first-order valence-electron chi connectivity index (χ1n) is 14.1. The van der Waals surface area contributed by atoms with Crippen molar-refractivity contribution in [1.29, 1.82) is 0 Å². The third-order valence-corrected chi connectivity index (χ3v) is 7.26. The average Bonchev–Trinajstić information content (AvgIpc) is 2.96. The van der Waals surface area contributed by atoms with Crippen LogP contribution < -0.4 is 4.74 Å². The minimum Gasteiger partial charge on any atom is -0.434 e. The Labute approximate surface area is 244 Å². The van der Waals surface area contributed by atoms with Gasteiger partial charge in [-0.2, -0.15) is 0 Å². The number of aliphatic hydroxyl groups is 7. The third kappa shape index (κ3) is 8.15. The molecule has 0 saturated carbocycles. The van der Waals surface area contributed by atoms with Gasteiger partial charge in [-0.25, -0.2) is 4.79 Å². The van der Waals surface area contributed by atoms with E-state index in [2.05, 4.69) is 0 Å². The number of carbonyl (C=O) groups is 1. The third-order valence-electron chi connectivity index (χ3n) is 7.26. The predicted molar refractivity (Wildman–Crippen MR) is 144 cm³/mol. The Morgan fingerprint density at radius 2 is 1.36 bits per heavy atom. The fourth-order valence-electron chi connectivity index (χ4n) is 4.82. The standard InChI is InChI=1S/C28H44O14/c1-13(2)15-7-5-8-16(14(3)4)24(15)42-28(36)38-10-6-9-37-26-23(35)21(33)25(18(12-30)40-26)41-27-22(34)20(32)19(31)17(11-29)39-27/h5,7-8,13-14,17-23,25-27,29-35H,6,9-12H2,1-4H3/t17?,18?,19-,20?,21?,22-,23-,25-,26?,27-/m1/s1. The summed E-state index contributed by atoms with van der Waals surface area (Å²) in [6, 6.07) is 5.72. The highest BCUT2D eigenvalue weighted by Gasteiger charge is 2.50. The van der Waals surface area contributed by atoms with E-state index in [4.69, 9.17) is 28.4 Å². The Hall–Kier alpha value is -1.95. The maximum absolute atomic E-state index is 12.4. The van der Waals surface area contributed by atoms with Crippen LogP contribution in [0.1, 0.15) is 57.1 Å². The molecule has 0 amide bonds. The van der Waals surface area contributed by atoms with Crippen molar-refractivity contribution in [3.8, 4) is 5.75 Å². The zero-order chi connectivity index (χ0) is 31.1. The van der Waals surface area contributed by atoms with Gasteiger partial charge in [0, 0.05) is 6.42 Å². The number of rotatable bonds is 12. The molecule has 1 aromatic rings. The van der Waals surface area contributed by atoms with Crippen LogP contribution in [0.5, 0.6) is 5.75 Å². The van der Waals surface area contributed by atoms with E-state index in [1.807, 2.05) is 45.9 Å². The van der Waals surface area contributed by atoms with E-state index in [-0.39, 0.29) is 31.5 Å². The Morgan fingerprint density at radius 3 is 1.93 bits per heavy atom. The summed E-state index contributed by atoms with van der Waals surface area (Å²) in [5.41, 5.74) is 1.77. The lowest BCUT2D eigenvalue weighted by Gasteiger charge is -2.45. The van der Waals surface area contributed by atoms with Gasteiger partial charge in [-0.1, -0.05) is 45.9 Å². The molecule has 0 radical (unpaired) electrons. The zero-order valence-electron chi connectivity index (χ0n) is 24.2. The lowest BCUT2D eigenvalue weighted by Crippen LogP contribution is -2.64. The van der Waals surface area contributed by atoms with Crippen molar-refractivity contribution >= 4 is 6.16 Å². The van der Waals surface area contributed by atoms with E-state index in [1.165, 1.54) is 0 Å². The largest absolute Gasteiger partial charge is 0.513 e. The van der Waals surface area contributed by atoms with E-state index in [1.54, 1.807) is 0 Å². The topological polar surface area (TPSA) is 214 Å². The van der Waals surface area contributed by atoms with E-state index < -0.39 is 80.8 Å². The van der Waals surface area contributed by atoms with Crippen molar-refractivity contribution in [2.75, 3.05) is 26.4 Å². The van der Waals surface area contributed by atoms with Gasteiger partial charge >= 0.3 is 6.16 Å². The van der Waals surface area contributed by atoms with Gasteiger partial charge in [0.05, 0.1) is 26.4 Å². The van der Waals surface area contributed by atoms with E-state index in [0.29, 0.717) is 5.75 Å². The maximum Gasteiger partial charge on any atom is 0.513 e. The Kier molecular flexibility index (Phi) is 12.9. The van der Waals surface area contributed by atoms with Gasteiger partial charge < -0.3 is 64.2 Å². The molecule has 3 rings (SSSR count). The van der Waals surface area contributed by atoms with Crippen LogP contribution in [-0.4, -0.2) is 130 Å². The monoisotopic (exact) mass is 604 g/mol. The van der Waals surface area contributed by atoms with Crippen LogP contribution in [0.2, 0.25) is 0 Å². The highest BCUT2D eigenvalue weighted by Crippen LogP contribution is 2.35. The predicted octanol–water partition coefficient (Wildman–Crippen LogP) is -0.520. The number of ether oxygens (including phenoxy) is 6. The first kappa shape index (κ1) is 34.5. The van der Waals surface area contributed by atoms with Gasteiger partial charge in [0.25, 0.3) is 0 Å². The summed E-state index contributed by atoms with van der Waals surface area (Å²) in [5.74, 6) is 0.733. The lowest BCUT2D eigenvalue weighted by molar-refractivity contribution is -0.359. The van der Waals surface area contributed by atoms with Gasteiger partial charge in [-0.15, -0.1) is 0 Å². The molecule has 14 nitrogen and oxygen atoms in total. The minimum atomic E-state index is -1.76. The summed E-state index contributed by atoms with van der Waals surface area (Å²) in [6.45, 7) is 6.49. The lowest BCUT2D eigenvalue weighted by atomic mass is 9.94. The average molecular weight is 605 g/mol. The molecule has 2 aliphatic rings. The smallest absolute Gasteiger partial charge is 0.434 e. The number of para-hydroxylation sites is 1. The summed E-state index contributed by atoms with van der Waals surface area (Å²) in [4.78, 5) is 12.4. The van der Waals surface area contributed by atoms with Crippen LogP contribution in [0.4, 0.5) is 4.79 Å². The van der Waals surface area contributed by atoms with Crippen molar-refractivity contribution in [2.45, 2.75) is 107 Å². The number of aliphatic hydroxyl groups excluding tert-OH is 7. The van der Waals surface area contributed by atoms with Gasteiger partial charge in [0.1, 0.15) is 54.6 Å². The summed E-state index contributed by atoms with van der Waals surface area (Å²) in [5, 5.41) is 70.5. The number of hydrogen-bond donors (Lipinski definition) is 7. The Morgan fingerprint density at radius 1 is 0.786 bits per heavy atom. The molecule has 2 saturated heterocycles. The summed E-state index contributed by atoms with van der Waals surface area (Å²) in [7, 11) is 0. The molecular formula is C28H44O14. The molecule has 7 N–H and O–H groups in total. The number of carbonyl (C=O) groups excluding carboxylic acids is 1. The molecule has 2 fully saturated rings. The SMILES string of the molecule is CC(C)c1cccc(C(C)C)c1OC(=O)OCCCOC1OC(CO)[C@@H](O[C@H]2OC(CO)[C@@H](O)C(O)[C@H]2O)C(O)[C@H]1O. The normalized spacial score (nSPS) is 33.6. The maximum atomic E-state index is 12.4. The van der Waals surface area contributed by atoms with E-state index >= 15 is 0 Å². The Balaban J connectivity index is 1.49. The molecule has 0 aliphatic carbocycles. The van der Waals surface area contributed by atoms with Crippen LogP contribution in [-0.2, 0) is 23.7 Å². The van der Waals surface area contributed by atoms with E-state index in [0.717, 1.165) is 11.1 Å². The molecule has 14 heteroatoms.